The highest BCUT2D eigenvalue weighted by atomic mass is 16.5. The maximum atomic E-state index is 12.2. The van der Waals surface area contributed by atoms with Gasteiger partial charge in [0.05, 0.1) is 11.5 Å². The van der Waals surface area contributed by atoms with Crippen molar-refractivity contribution in [3.05, 3.63) is 36.5 Å². The molecule has 0 aromatic rings. The molecular weight excluding hydrogens is 202 g/mol. The topological polar surface area (TPSA) is 38.3 Å². The zero-order chi connectivity index (χ0) is 11.4. The number of carbonyl (C=O) groups excluding carboxylic acids is 1. The van der Waals surface area contributed by atoms with Crippen molar-refractivity contribution >= 4 is 5.91 Å². The van der Waals surface area contributed by atoms with Gasteiger partial charge in [-0.25, -0.2) is 0 Å². The Morgan fingerprint density at radius 3 is 2.88 bits per heavy atom. The lowest BCUT2D eigenvalue weighted by Crippen LogP contribution is -2.55. The van der Waals surface area contributed by atoms with E-state index in [-0.39, 0.29) is 17.9 Å². The van der Waals surface area contributed by atoms with E-state index in [9.17, 15) is 4.79 Å². The second kappa shape index (κ2) is 2.86. The van der Waals surface area contributed by atoms with Crippen molar-refractivity contribution in [2.75, 3.05) is 7.11 Å². The maximum Gasteiger partial charge on any atom is 0.230 e. The Morgan fingerprint density at radius 1 is 1.31 bits per heavy atom. The number of hydrogen-bond donors (Lipinski definition) is 1. The lowest BCUT2D eigenvalue weighted by atomic mass is 9.62. The van der Waals surface area contributed by atoms with Crippen LogP contribution in [0.3, 0.4) is 0 Å². The minimum Gasteiger partial charge on any atom is -0.370 e. The molecule has 1 N–H and O–H groups in total. The summed E-state index contributed by atoms with van der Waals surface area (Å²) >= 11 is 0. The average molecular weight is 217 g/mol. The molecule has 1 saturated heterocycles. The van der Waals surface area contributed by atoms with Crippen LogP contribution in [0.1, 0.15) is 6.92 Å². The smallest absolute Gasteiger partial charge is 0.230 e. The van der Waals surface area contributed by atoms with Crippen molar-refractivity contribution in [3.63, 3.8) is 0 Å². The third-order valence-electron chi connectivity index (χ3n) is 4.32. The van der Waals surface area contributed by atoms with E-state index in [1.54, 1.807) is 7.11 Å². The van der Waals surface area contributed by atoms with Crippen molar-refractivity contribution in [2.45, 2.75) is 18.6 Å². The molecule has 3 heteroatoms. The number of nitrogens with one attached hydrogen (secondary N) is 1. The van der Waals surface area contributed by atoms with Gasteiger partial charge in [-0.05, 0) is 13.0 Å². The molecular formula is C13H15NO2. The number of carbonyl (C=O) groups is 1. The van der Waals surface area contributed by atoms with Gasteiger partial charge >= 0.3 is 0 Å². The molecule has 1 amide bonds. The van der Waals surface area contributed by atoms with Gasteiger partial charge in [-0.3, -0.25) is 4.79 Å². The molecule has 2 aliphatic carbocycles. The van der Waals surface area contributed by atoms with Crippen LogP contribution in [0, 0.1) is 11.3 Å². The number of rotatable bonds is 1. The molecule has 1 heterocycles. The van der Waals surface area contributed by atoms with Gasteiger partial charge in [-0.2, -0.15) is 0 Å². The molecule has 84 valence electrons. The molecule has 4 bridgehead atoms. The summed E-state index contributed by atoms with van der Waals surface area (Å²) in [5.41, 5.74) is -1.09. The Hall–Kier alpha value is -1.35. The highest BCUT2D eigenvalue weighted by Gasteiger charge is 2.66. The van der Waals surface area contributed by atoms with Crippen LogP contribution in [0.4, 0.5) is 0 Å². The van der Waals surface area contributed by atoms with Crippen LogP contribution >= 0.6 is 0 Å². The van der Waals surface area contributed by atoms with Gasteiger partial charge in [-0.1, -0.05) is 30.4 Å². The van der Waals surface area contributed by atoms with Gasteiger partial charge in [0.1, 0.15) is 5.60 Å². The van der Waals surface area contributed by atoms with Crippen LogP contribution < -0.4 is 5.32 Å². The highest BCUT2D eigenvalue weighted by Crippen LogP contribution is 2.53. The molecule has 16 heavy (non-hydrogen) atoms. The molecule has 0 spiro atoms. The minimum absolute atomic E-state index is 0.0533. The van der Waals surface area contributed by atoms with E-state index in [1.165, 1.54) is 0 Å². The zero-order valence-corrected chi connectivity index (χ0v) is 9.44. The molecule has 4 atom stereocenters. The zero-order valence-electron chi connectivity index (χ0n) is 9.44. The fourth-order valence-electron chi connectivity index (χ4n) is 3.25. The van der Waals surface area contributed by atoms with E-state index in [0.717, 1.165) is 0 Å². The summed E-state index contributed by atoms with van der Waals surface area (Å²) < 4.78 is 5.73. The lowest BCUT2D eigenvalue weighted by molar-refractivity contribution is -0.137. The molecule has 1 fully saturated rings. The first kappa shape index (κ1) is 9.85. The van der Waals surface area contributed by atoms with Crippen molar-refractivity contribution in [1.29, 1.82) is 0 Å². The predicted octanol–water partition coefficient (Wildman–Crippen LogP) is 1.19. The standard InChI is InChI=1S/C13H15NO2/c1-12-9-5-3-4-8-13(12,16-2)10(7-6-9)14-11(12)15/h3-10H,1-2H3,(H,14,15). The molecule has 0 aromatic carbocycles. The number of ether oxygens (including phenoxy) is 1. The second-order valence-corrected chi connectivity index (χ2v) is 4.81. The van der Waals surface area contributed by atoms with Crippen molar-refractivity contribution in [1.82, 2.24) is 5.32 Å². The van der Waals surface area contributed by atoms with Gasteiger partial charge in [-0.15, -0.1) is 0 Å². The fourth-order valence-corrected chi connectivity index (χ4v) is 3.25. The van der Waals surface area contributed by atoms with Gasteiger partial charge in [0.15, 0.2) is 0 Å². The molecule has 3 rings (SSSR count). The number of amides is 1. The molecule has 0 saturated carbocycles. The molecule has 3 aliphatic rings. The lowest BCUT2D eigenvalue weighted by Gasteiger charge is -2.45. The van der Waals surface area contributed by atoms with Crippen LogP contribution in [0.2, 0.25) is 0 Å². The first-order valence-electron chi connectivity index (χ1n) is 5.55. The Balaban J connectivity index is 2.29. The number of allylic oxidation sites excluding steroid dienone is 4. The highest BCUT2D eigenvalue weighted by molar-refractivity contribution is 5.90. The Morgan fingerprint density at radius 2 is 2.12 bits per heavy atom. The molecule has 4 unspecified atom stereocenters. The van der Waals surface area contributed by atoms with Gasteiger partial charge in [0, 0.05) is 13.0 Å². The molecule has 1 aliphatic heterocycles. The summed E-state index contributed by atoms with van der Waals surface area (Å²) in [4.78, 5) is 12.2. The Bertz CT molecular complexity index is 437. The van der Waals surface area contributed by atoms with Crippen molar-refractivity contribution in [2.24, 2.45) is 11.3 Å². The summed E-state index contributed by atoms with van der Waals surface area (Å²) in [5, 5.41) is 3.01. The molecule has 0 aromatic heterocycles. The van der Waals surface area contributed by atoms with Crippen LogP contribution in [0.25, 0.3) is 0 Å². The van der Waals surface area contributed by atoms with E-state index in [4.69, 9.17) is 4.74 Å². The molecule has 0 radical (unpaired) electrons. The number of methoxy groups -OCH3 is 1. The summed E-state index contributed by atoms with van der Waals surface area (Å²) in [6.07, 6.45) is 12.2. The quantitative estimate of drug-likeness (QED) is 0.670. The third kappa shape index (κ3) is 0.824. The Kier molecular flexibility index (Phi) is 1.76. The Labute approximate surface area is 94.9 Å². The van der Waals surface area contributed by atoms with Crippen molar-refractivity contribution in [3.8, 4) is 0 Å². The first-order chi connectivity index (χ1) is 7.65. The van der Waals surface area contributed by atoms with E-state index >= 15 is 0 Å². The van der Waals surface area contributed by atoms with E-state index in [2.05, 4.69) is 17.5 Å². The van der Waals surface area contributed by atoms with Crippen LogP contribution in [0.5, 0.6) is 0 Å². The summed E-state index contributed by atoms with van der Waals surface area (Å²) in [5.74, 6) is 0.173. The van der Waals surface area contributed by atoms with Crippen LogP contribution in [0.15, 0.2) is 36.5 Å². The van der Waals surface area contributed by atoms with Gasteiger partial charge < -0.3 is 10.1 Å². The third-order valence-corrected chi connectivity index (χ3v) is 4.32. The van der Waals surface area contributed by atoms with E-state index in [1.807, 2.05) is 31.2 Å². The van der Waals surface area contributed by atoms with Crippen LogP contribution in [-0.4, -0.2) is 24.7 Å². The minimum atomic E-state index is -0.549. The van der Waals surface area contributed by atoms with E-state index < -0.39 is 11.0 Å². The van der Waals surface area contributed by atoms with Gasteiger partial charge in [0.2, 0.25) is 5.91 Å². The summed E-state index contributed by atoms with van der Waals surface area (Å²) in [6, 6.07) is -0.0533. The number of hydrogen-bond acceptors (Lipinski definition) is 2. The molecule has 3 nitrogen and oxygen atoms in total. The predicted molar refractivity (Wildman–Crippen MR) is 60.7 cm³/mol. The van der Waals surface area contributed by atoms with E-state index in [0.29, 0.717) is 0 Å². The first-order valence-corrected chi connectivity index (χ1v) is 5.55. The van der Waals surface area contributed by atoms with Crippen molar-refractivity contribution < 1.29 is 9.53 Å². The monoisotopic (exact) mass is 217 g/mol. The fraction of sp³-hybridized carbons (Fsp3) is 0.462. The summed E-state index contributed by atoms with van der Waals surface area (Å²) in [7, 11) is 1.68. The second-order valence-electron chi connectivity index (χ2n) is 4.81. The summed E-state index contributed by atoms with van der Waals surface area (Å²) in [6.45, 7) is 1.99. The largest absolute Gasteiger partial charge is 0.370 e. The van der Waals surface area contributed by atoms with Gasteiger partial charge in [0.25, 0.3) is 0 Å². The SMILES string of the molecule is COC12C=CC=CC3C=CC1NC(=O)C32C. The normalized spacial score (nSPS) is 48.0. The maximum absolute atomic E-state index is 12.2. The average Bonchev–Trinajstić information content (AvgIpc) is 2.37. The van der Waals surface area contributed by atoms with Crippen LogP contribution in [-0.2, 0) is 9.53 Å².